The van der Waals surface area contributed by atoms with Gasteiger partial charge < -0.3 is 5.73 Å². The molecule has 0 saturated carbocycles. The fourth-order valence-electron chi connectivity index (χ4n) is 1.36. The van der Waals surface area contributed by atoms with Crippen LogP contribution >= 0.6 is 0 Å². The number of hydrogen-bond acceptors (Lipinski definition) is 3. The van der Waals surface area contributed by atoms with Gasteiger partial charge in [0.05, 0.1) is 5.52 Å². The van der Waals surface area contributed by atoms with Crippen molar-refractivity contribution < 1.29 is 0 Å². The average Bonchev–Trinajstić information content (AvgIpc) is 2.48. The van der Waals surface area contributed by atoms with E-state index in [-0.39, 0.29) is 0 Å². The number of hydrogen-bond donors (Lipinski definition) is 1. The lowest BCUT2D eigenvalue weighted by molar-refractivity contribution is 0.733. The van der Waals surface area contributed by atoms with Crippen molar-refractivity contribution in [2.45, 2.75) is 6.54 Å². The standard InChI is InChI=1S/C8H10N4/c1-12-8-6(5-9)3-2-4-7(8)10-11-12/h2-4H,5,9H2,1H3. The SMILES string of the molecule is Cn1nnc2cccc(CN)c21. The minimum Gasteiger partial charge on any atom is -0.326 e. The number of nitrogens with two attached hydrogens (primary N) is 1. The molecule has 0 atom stereocenters. The molecule has 1 aromatic carbocycles. The molecule has 1 aromatic heterocycles. The molecule has 62 valence electrons. The second-order valence-corrected chi connectivity index (χ2v) is 2.70. The molecule has 0 fully saturated rings. The minimum atomic E-state index is 0.526. The number of para-hydroxylation sites is 1. The van der Waals surface area contributed by atoms with Crippen LogP contribution in [0.4, 0.5) is 0 Å². The topological polar surface area (TPSA) is 56.7 Å². The van der Waals surface area contributed by atoms with Gasteiger partial charge in [-0.15, -0.1) is 5.10 Å². The molecule has 4 heteroatoms. The van der Waals surface area contributed by atoms with E-state index in [2.05, 4.69) is 10.3 Å². The lowest BCUT2D eigenvalue weighted by Crippen LogP contribution is -2.00. The third-order valence-electron chi connectivity index (χ3n) is 1.93. The molecule has 0 spiro atoms. The van der Waals surface area contributed by atoms with Gasteiger partial charge in [-0.05, 0) is 11.6 Å². The van der Waals surface area contributed by atoms with Gasteiger partial charge in [-0.1, -0.05) is 17.3 Å². The van der Waals surface area contributed by atoms with E-state index in [9.17, 15) is 0 Å². The Morgan fingerprint density at radius 2 is 2.33 bits per heavy atom. The third kappa shape index (κ3) is 0.887. The largest absolute Gasteiger partial charge is 0.326 e. The lowest BCUT2D eigenvalue weighted by Gasteiger charge is -1.98. The second-order valence-electron chi connectivity index (χ2n) is 2.70. The predicted octanol–water partition coefficient (Wildman–Crippen LogP) is 0.427. The Morgan fingerprint density at radius 3 is 3.08 bits per heavy atom. The van der Waals surface area contributed by atoms with E-state index >= 15 is 0 Å². The molecule has 1 heterocycles. The zero-order valence-corrected chi connectivity index (χ0v) is 6.86. The predicted molar refractivity (Wildman–Crippen MR) is 46.4 cm³/mol. The molecule has 4 nitrogen and oxygen atoms in total. The summed E-state index contributed by atoms with van der Waals surface area (Å²) in [6.07, 6.45) is 0. The van der Waals surface area contributed by atoms with E-state index in [1.54, 1.807) is 4.68 Å². The molecule has 0 bridgehead atoms. The molecule has 0 radical (unpaired) electrons. The molecule has 0 aliphatic heterocycles. The van der Waals surface area contributed by atoms with Crippen molar-refractivity contribution in [3.8, 4) is 0 Å². The van der Waals surface area contributed by atoms with Gasteiger partial charge in [-0.3, -0.25) is 0 Å². The summed E-state index contributed by atoms with van der Waals surface area (Å²) in [7, 11) is 1.87. The molecule has 0 aliphatic rings. The number of rotatable bonds is 1. The van der Waals surface area contributed by atoms with E-state index < -0.39 is 0 Å². The summed E-state index contributed by atoms with van der Waals surface area (Å²) in [6, 6.07) is 5.87. The van der Waals surface area contributed by atoms with Crippen molar-refractivity contribution >= 4 is 11.0 Å². The van der Waals surface area contributed by atoms with Gasteiger partial charge in [0.15, 0.2) is 0 Å². The van der Waals surface area contributed by atoms with Crippen molar-refractivity contribution in [1.29, 1.82) is 0 Å². The zero-order chi connectivity index (χ0) is 8.55. The van der Waals surface area contributed by atoms with Gasteiger partial charge in [-0.25, -0.2) is 4.68 Å². The Balaban J connectivity index is 2.84. The first-order chi connectivity index (χ1) is 5.83. The van der Waals surface area contributed by atoms with Crippen molar-refractivity contribution in [2.75, 3.05) is 0 Å². The van der Waals surface area contributed by atoms with E-state index in [4.69, 9.17) is 5.73 Å². The summed E-state index contributed by atoms with van der Waals surface area (Å²) < 4.78 is 1.75. The molecule has 0 unspecified atom stereocenters. The highest BCUT2D eigenvalue weighted by atomic mass is 15.4. The fourth-order valence-corrected chi connectivity index (χ4v) is 1.36. The number of aryl methyl sites for hydroxylation is 1. The van der Waals surface area contributed by atoms with Crippen LogP contribution in [0.1, 0.15) is 5.56 Å². The van der Waals surface area contributed by atoms with Crippen molar-refractivity contribution in [3.05, 3.63) is 23.8 Å². The van der Waals surface area contributed by atoms with Crippen LogP contribution < -0.4 is 5.73 Å². The quantitative estimate of drug-likeness (QED) is 0.661. The maximum atomic E-state index is 5.58. The molecule has 2 aromatic rings. The fraction of sp³-hybridized carbons (Fsp3) is 0.250. The third-order valence-corrected chi connectivity index (χ3v) is 1.93. The van der Waals surface area contributed by atoms with E-state index in [0.29, 0.717) is 6.54 Å². The maximum absolute atomic E-state index is 5.58. The van der Waals surface area contributed by atoms with Crippen LogP contribution in [-0.2, 0) is 13.6 Å². The Kier molecular flexibility index (Phi) is 1.55. The van der Waals surface area contributed by atoms with Crippen LogP contribution in [0.25, 0.3) is 11.0 Å². The summed E-state index contributed by atoms with van der Waals surface area (Å²) in [4.78, 5) is 0. The van der Waals surface area contributed by atoms with Gasteiger partial charge in [0, 0.05) is 13.6 Å². The first-order valence-corrected chi connectivity index (χ1v) is 3.80. The van der Waals surface area contributed by atoms with Gasteiger partial charge in [0.25, 0.3) is 0 Å². The smallest absolute Gasteiger partial charge is 0.113 e. The molecule has 2 rings (SSSR count). The van der Waals surface area contributed by atoms with E-state index in [1.807, 2.05) is 25.2 Å². The van der Waals surface area contributed by atoms with Gasteiger partial charge in [0.1, 0.15) is 5.52 Å². The van der Waals surface area contributed by atoms with Crippen LogP contribution in [0, 0.1) is 0 Å². The maximum Gasteiger partial charge on any atom is 0.113 e. The molecule has 0 amide bonds. The first kappa shape index (κ1) is 7.24. The number of aromatic nitrogens is 3. The van der Waals surface area contributed by atoms with Gasteiger partial charge in [-0.2, -0.15) is 0 Å². The average molecular weight is 162 g/mol. The summed E-state index contributed by atoms with van der Waals surface area (Å²) in [6.45, 7) is 0.526. The molecular weight excluding hydrogens is 152 g/mol. The van der Waals surface area contributed by atoms with Gasteiger partial charge in [0.2, 0.25) is 0 Å². The van der Waals surface area contributed by atoms with Crippen LogP contribution in [-0.4, -0.2) is 15.0 Å². The normalized spacial score (nSPS) is 10.8. The highest BCUT2D eigenvalue weighted by Crippen LogP contribution is 2.14. The summed E-state index contributed by atoms with van der Waals surface area (Å²) in [5.74, 6) is 0. The Hall–Kier alpha value is -1.42. The molecule has 0 aliphatic carbocycles. The Labute approximate surface area is 70.0 Å². The van der Waals surface area contributed by atoms with Crippen LogP contribution in [0.3, 0.4) is 0 Å². The molecule has 2 N–H and O–H groups in total. The van der Waals surface area contributed by atoms with Crippen LogP contribution in [0.15, 0.2) is 18.2 Å². The van der Waals surface area contributed by atoms with Crippen molar-refractivity contribution in [1.82, 2.24) is 15.0 Å². The summed E-state index contributed by atoms with van der Waals surface area (Å²) in [5, 5.41) is 7.90. The summed E-state index contributed by atoms with van der Waals surface area (Å²) >= 11 is 0. The first-order valence-electron chi connectivity index (χ1n) is 3.80. The van der Waals surface area contributed by atoms with Crippen LogP contribution in [0.2, 0.25) is 0 Å². The number of fused-ring (bicyclic) bond motifs is 1. The van der Waals surface area contributed by atoms with E-state index in [1.165, 1.54) is 0 Å². The number of nitrogens with zero attached hydrogens (tertiary/aromatic N) is 3. The highest BCUT2D eigenvalue weighted by Gasteiger charge is 2.04. The monoisotopic (exact) mass is 162 g/mol. The highest BCUT2D eigenvalue weighted by molar-refractivity contribution is 5.77. The van der Waals surface area contributed by atoms with E-state index in [0.717, 1.165) is 16.6 Å². The van der Waals surface area contributed by atoms with Crippen molar-refractivity contribution in [2.24, 2.45) is 12.8 Å². The molecule has 0 saturated heterocycles. The number of benzene rings is 1. The zero-order valence-electron chi connectivity index (χ0n) is 6.86. The Bertz CT molecular complexity index is 404. The second kappa shape index (κ2) is 2.57. The molecular formula is C8H10N4. The lowest BCUT2D eigenvalue weighted by atomic mass is 10.2. The summed E-state index contributed by atoms with van der Waals surface area (Å²) in [5.41, 5.74) is 8.59. The van der Waals surface area contributed by atoms with Gasteiger partial charge >= 0.3 is 0 Å². The van der Waals surface area contributed by atoms with Crippen LogP contribution in [0.5, 0.6) is 0 Å². The minimum absolute atomic E-state index is 0.526. The molecule has 12 heavy (non-hydrogen) atoms. The van der Waals surface area contributed by atoms with Crippen molar-refractivity contribution in [3.63, 3.8) is 0 Å². The Morgan fingerprint density at radius 1 is 1.50 bits per heavy atom.